The summed E-state index contributed by atoms with van der Waals surface area (Å²) in [7, 11) is 0. The second-order valence-electron chi connectivity index (χ2n) is 5.29. The van der Waals surface area contributed by atoms with Gasteiger partial charge in [0.05, 0.1) is 5.41 Å². The Hall–Kier alpha value is -1.06. The van der Waals surface area contributed by atoms with Crippen LogP contribution in [0.4, 0.5) is 6.01 Å². The van der Waals surface area contributed by atoms with Gasteiger partial charge in [0.1, 0.15) is 0 Å². The summed E-state index contributed by atoms with van der Waals surface area (Å²) in [6, 6.07) is 0.217. The lowest BCUT2D eigenvalue weighted by molar-refractivity contribution is 0.301. The van der Waals surface area contributed by atoms with Gasteiger partial charge in [0, 0.05) is 0 Å². The standard InChI is InChI=1S/C12H19N3O/c13-11-15-14-10(16-11)12(7-8-12)9-5-3-1-2-4-6-9/h9H,1-8H2,(H2,13,15). The van der Waals surface area contributed by atoms with E-state index in [9.17, 15) is 0 Å². The second kappa shape index (κ2) is 3.75. The summed E-state index contributed by atoms with van der Waals surface area (Å²) in [6.07, 6.45) is 10.5. The predicted octanol–water partition coefficient (Wildman–Crippen LogP) is 2.65. The van der Waals surface area contributed by atoms with Crippen molar-refractivity contribution >= 4 is 6.01 Å². The number of rotatable bonds is 2. The Balaban J connectivity index is 1.81. The van der Waals surface area contributed by atoms with Crippen LogP contribution < -0.4 is 5.73 Å². The van der Waals surface area contributed by atoms with Gasteiger partial charge in [-0.25, -0.2) is 0 Å². The molecule has 0 amide bonds. The van der Waals surface area contributed by atoms with Crippen molar-refractivity contribution in [2.45, 2.75) is 56.8 Å². The Morgan fingerprint density at radius 3 is 2.25 bits per heavy atom. The minimum absolute atomic E-state index is 0.203. The normalized spacial score (nSPS) is 25.2. The minimum Gasteiger partial charge on any atom is -0.408 e. The van der Waals surface area contributed by atoms with Gasteiger partial charge in [0.25, 0.3) is 0 Å². The van der Waals surface area contributed by atoms with Gasteiger partial charge in [-0.05, 0) is 31.6 Å². The summed E-state index contributed by atoms with van der Waals surface area (Å²) in [4.78, 5) is 0. The highest BCUT2D eigenvalue weighted by molar-refractivity contribution is 5.20. The molecule has 0 aromatic carbocycles. The summed E-state index contributed by atoms with van der Waals surface area (Å²) in [5.74, 6) is 1.55. The van der Waals surface area contributed by atoms with Gasteiger partial charge in [0.2, 0.25) is 5.89 Å². The number of nitrogens with two attached hydrogens (primary N) is 1. The van der Waals surface area contributed by atoms with Crippen molar-refractivity contribution < 1.29 is 4.42 Å². The largest absolute Gasteiger partial charge is 0.408 e. The average molecular weight is 221 g/mol. The van der Waals surface area contributed by atoms with Crippen LogP contribution in [0.1, 0.15) is 57.3 Å². The molecule has 1 aromatic heterocycles. The zero-order chi connectivity index (χ0) is 11.0. The molecule has 0 atom stereocenters. The fraction of sp³-hybridized carbons (Fsp3) is 0.833. The fourth-order valence-electron chi connectivity index (χ4n) is 3.20. The SMILES string of the molecule is Nc1nnc(C2(C3CCCCCC3)CC2)o1. The molecule has 0 bridgehead atoms. The first-order chi connectivity index (χ1) is 7.81. The van der Waals surface area contributed by atoms with Crippen molar-refractivity contribution in [1.82, 2.24) is 10.2 Å². The van der Waals surface area contributed by atoms with Crippen LogP contribution in [0.25, 0.3) is 0 Å². The van der Waals surface area contributed by atoms with E-state index in [1.807, 2.05) is 0 Å². The van der Waals surface area contributed by atoms with E-state index >= 15 is 0 Å². The molecule has 4 heteroatoms. The Labute approximate surface area is 95.6 Å². The molecule has 16 heavy (non-hydrogen) atoms. The van der Waals surface area contributed by atoms with Gasteiger partial charge >= 0.3 is 6.01 Å². The third-order valence-electron chi connectivity index (χ3n) is 4.29. The van der Waals surface area contributed by atoms with Crippen molar-refractivity contribution in [3.63, 3.8) is 0 Å². The molecule has 2 aliphatic rings. The first-order valence-corrected chi connectivity index (χ1v) is 6.41. The van der Waals surface area contributed by atoms with Gasteiger partial charge in [-0.1, -0.05) is 30.8 Å². The summed E-state index contributed by atoms with van der Waals surface area (Å²) in [6.45, 7) is 0. The molecule has 1 aromatic rings. The van der Waals surface area contributed by atoms with Gasteiger partial charge in [-0.2, -0.15) is 0 Å². The van der Waals surface area contributed by atoms with E-state index < -0.39 is 0 Å². The van der Waals surface area contributed by atoms with E-state index in [0.29, 0.717) is 0 Å². The highest BCUT2D eigenvalue weighted by Gasteiger charge is 2.54. The van der Waals surface area contributed by atoms with Crippen LogP contribution in [0.2, 0.25) is 0 Å². The molecular weight excluding hydrogens is 202 g/mol. The molecule has 0 aliphatic heterocycles. The Bertz CT molecular complexity index is 362. The van der Waals surface area contributed by atoms with Crippen molar-refractivity contribution in [3.8, 4) is 0 Å². The first-order valence-electron chi connectivity index (χ1n) is 6.41. The predicted molar refractivity (Wildman–Crippen MR) is 60.8 cm³/mol. The molecule has 0 unspecified atom stereocenters. The summed E-state index contributed by atoms with van der Waals surface area (Å²) >= 11 is 0. The molecule has 2 fully saturated rings. The number of nitrogens with zero attached hydrogens (tertiary/aromatic N) is 2. The average Bonchev–Trinajstić information content (AvgIpc) is 3.03. The quantitative estimate of drug-likeness (QED) is 0.780. The smallest absolute Gasteiger partial charge is 0.312 e. The van der Waals surface area contributed by atoms with Gasteiger partial charge in [0.15, 0.2) is 0 Å². The lowest BCUT2D eigenvalue weighted by Gasteiger charge is -2.22. The zero-order valence-electron chi connectivity index (χ0n) is 9.61. The van der Waals surface area contributed by atoms with Crippen LogP contribution in [0.3, 0.4) is 0 Å². The number of hydrogen-bond donors (Lipinski definition) is 1. The third-order valence-corrected chi connectivity index (χ3v) is 4.29. The van der Waals surface area contributed by atoms with Crippen molar-refractivity contribution in [3.05, 3.63) is 5.89 Å². The van der Waals surface area contributed by atoms with Crippen LogP contribution in [0.15, 0.2) is 4.42 Å². The third kappa shape index (κ3) is 1.60. The minimum atomic E-state index is 0.203. The molecule has 0 saturated heterocycles. The molecule has 0 spiro atoms. The van der Waals surface area contributed by atoms with Gasteiger partial charge in [-0.15, -0.1) is 5.10 Å². The molecule has 2 aliphatic carbocycles. The Kier molecular flexibility index (Phi) is 2.37. The van der Waals surface area contributed by atoms with Crippen LogP contribution in [0, 0.1) is 5.92 Å². The van der Waals surface area contributed by atoms with E-state index in [2.05, 4.69) is 10.2 Å². The molecule has 88 valence electrons. The number of hydrogen-bond acceptors (Lipinski definition) is 4. The van der Waals surface area contributed by atoms with Crippen molar-refractivity contribution in [2.75, 3.05) is 5.73 Å². The Morgan fingerprint density at radius 1 is 1.06 bits per heavy atom. The topological polar surface area (TPSA) is 64.9 Å². The van der Waals surface area contributed by atoms with E-state index in [0.717, 1.165) is 11.8 Å². The van der Waals surface area contributed by atoms with Crippen molar-refractivity contribution in [1.29, 1.82) is 0 Å². The number of nitrogen functional groups attached to an aromatic ring is 1. The van der Waals surface area contributed by atoms with E-state index in [4.69, 9.17) is 10.2 Å². The molecule has 4 nitrogen and oxygen atoms in total. The first kappa shape index (κ1) is 10.1. The molecule has 2 N–H and O–H groups in total. The Morgan fingerprint density at radius 2 is 1.75 bits per heavy atom. The fourth-order valence-corrected chi connectivity index (χ4v) is 3.20. The van der Waals surface area contributed by atoms with Crippen molar-refractivity contribution in [2.24, 2.45) is 5.92 Å². The van der Waals surface area contributed by atoms with Crippen LogP contribution in [0.5, 0.6) is 0 Å². The maximum absolute atomic E-state index is 5.52. The van der Waals surface area contributed by atoms with Crippen LogP contribution in [-0.2, 0) is 5.41 Å². The summed E-state index contributed by atoms with van der Waals surface area (Å²) in [5, 5.41) is 7.92. The van der Waals surface area contributed by atoms with Gasteiger partial charge in [-0.3, -0.25) is 0 Å². The van der Waals surface area contributed by atoms with E-state index in [1.54, 1.807) is 0 Å². The number of aromatic nitrogens is 2. The molecule has 3 rings (SSSR count). The summed E-state index contributed by atoms with van der Waals surface area (Å²) in [5.41, 5.74) is 5.73. The summed E-state index contributed by atoms with van der Waals surface area (Å²) < 4.78 is 5.46. The zero-order valence-corrected chi connectivity index (χ0v) is 9.61. The molecule has 2 saturated carbocycles. The highest BCUT2D eigenvalue weighted by atomic mass is 16.4. The van der Waals surface area contributed by atoms with Crippen LogP contribution in [-0.4, -0.2) is 10.2 Å². The maximum atomic E-state index is 5.52. The van der Waals surface area contributed by atoms with E-state index in [-0.39, 0.29) is 11.4 Å². The van der Waals surface area contributed by atoms with Gasteiger partial charge < -0.3 is 10.2 Å². The highest BCUT2D eigenvalue weighted by Crippen LogP contribution is 2.56. The monoisotopic (exact) mass is 221 g/mol. The number of anilines is 1. The lowest BCUT2D eigenvalue weighted by atomic mass is 9.83. The molecular formula is C12H19N3O. The second-order valence-corrected chi connectivity index (χ2v) is 5.29. The lowest BCUT2D eigenvalue weighted by Crippen LogP contribution is -2.20. The molecule has 0 radical (unpaired) electrons. The van der Waals surface area contributed by atoms with Crippen LogP contribution >= 0.6 is 0 Å². The molecule has 1 heterocycles. The maximum Gasteiger partial charge on any atom is 0.312 e. The van der Waals surface area contributed by atoms with E-state index in [1.165, 1.54) is 51.4 Å².